The van der Waals surface area contributed by atoms with Crippen LogP contribution in [0.25, 0.3) is 10.9 Å². The van der Waals surface area contributed by atoms with Crippen LogP contribution in [0.5, 0.6) is 0 Å². The maximum absolute atomic E-state index is 12.9. The van der Waals surface area contributed by atoms with Crippen LogP contribution < -0.4 is 16.2 Å². The van der Waals surface area contributed by atoms with Crippen LogP contribution in [-0.2, 0) is 4.79 Å². The van der Waals surface area contributed by atoms with Gasteiger partial charge in [0.15, 0.2) is 5.16 Å². The maximum atomic E-state index is 12.9. The number of para-hydroxylation sites is 1. The zero-order valence-corrected chi connectivity index (χ0v) is 19.0. The normalized spacial score (nSPS) is 12.1. The summed E-state index contributed by atoms with van der Waals surface area (Å²) in [6.45, 7) is 9.32. The quantitative estimate of drug-likeness (QED) is 0.454. The average molecular weight is 439 g/mol. The molecule has 3 aromatic rings. The number of urea groups is 1. The molecule has 2 aromatic carbocycles. The highest BCUT2D eigenvalue weighted by molar-refractivity contribution is 8.00. The molecule has 0 aliphatic heterocycles. The molecular weight excluding hydrogens is 412 g/mol. The Labute approximate surface area is 185 Å². The van der Waals surface area contributed by atoms with Crippen LogP contribution in [0.1, 0.15) is 37.9 Å². The molecule has 0 bridgehead atoms. The molecule has 3 amide bonds. The van der Waals surface area contributed by atoms with Gasteiger partial charge in [-0.05, 0) is 58.4 Å². The van der Waals surface area contributed by atoms with E-state index in [4.69, 9.17) is 0 Å². The summed E-state index contributed by atoms with van der Waals surface area (Å²) >= 11 is 1.15. The number of amides is 3. The number of imide groups is 1. The fourth-order valence-corrected chi connectivity index (χ4v) is 4.24. The van der Waals surface area contributed by atoms with Gasteiger partial charge in [0.25, 0.3) is 5.56 Å². The summed E-state index contributed by atoms with van der Waals surface area (Å²) < 4.78 is 1.58. The van der Waals surface area contributed by atoms with E-state index in [0.717, 1.165) is 22.9 Å². The van der Waals surface area contributed by atoms with Crippen LogP contribution in [0, 0.1) is 13.8 Å². The zero-order valence-electron chi connectivity index (χ0n) is 18.2. The largest absolute Gasteiger partial charge is 0.325 e. The van der Waals surface area contributed by atoms with Crippen LogP contribution in [0.4, 0.5) is 10.5 Å². The molecule has 8 heteroatoms. The van der Waals surface area contributed by atoms with E-state index in [9.17, 15) is 14.4 Å². The third-order valence-electron chi connectivity index (χ3n) is 4.81. The van der Waals surface area contributed by atoms with Crippen molar-refractivity contribution < 1.29 is 9.59 Å². The Hall–Kier alpha value is -3.13. The minimum Gasteiger partial charge on any atom is -0.307 e. The molecule has 0 saturated heterocycles. The molecule has 1 heterocycles. The average Bonchev–Trinajstić information content (AvgIpc) is 2.70. The molecule has 0 saturated carbocycles. The second-order valence-corrected chi connectivity index (χ2v) is 9.01. The molecule has 162 valence electrons. The molecule has 31 heavy (non-hydrogen) atoms. The topological polar surface area (TPSA) is 93.1 Å². The van der Waals surface area contributed by atoms with Gasteiger partial charge < -0.3 is 5.32 Å². The Morgan fingerprint density at radius 1 is 1.06 bits per heavy atom. The number of aromatic nitrogens is 2. The van der Waals surface area contributed by atoms with Gasteiger partial charge in [0.05, 0.1) is 16.2 Å². The Morgan fingerprint density at radius 3 is 2.45 bits per heavy atom. The minimum atomic E-state index is -0.636. The van der Waals surface area contributed by atoms with Crippen molar-refractivity contribution in [3.8, 4) is 0 Å². The third-order valence-corrected chi connectivity index (χ3v) is 5.88. The number of hydrogen-bond acceptors (Lipinski definition) is 5. The van der Waals surface area contributed by atoms with Crippen LogP contribution in [0.3, 0.4) is 0 Å². The van der Waals surface area contributed by atoms with E-state index in [0.29, 0.717) is 21.7 Å². The number of nitrogens with zero attached hydrogens (tertiary/aromatic N) is 2. The summed E-state index contributed by atoms with van der Waals surface area (Å²) in [7, 11) is 0. The third kappa shape index (κ3) is 5.14. The van der Waals surface area contributed by atoms with Crippen LogP contribution in [0.15, 0.2) is 52.4 Å². The standard InChI is InChI=1S/C23H26N4O3S/c1-13(2)27-21(29)17-8-6-7-9-19(17)25-23(27)31-16(5)20(28)26-22(30)24-18-11-10-14(3)12-15(18)4/h6-13,16H,1-5H3,(H2,24,26,28,30). The molecule has 7 nitrogen and oxygen atoms in total. The predicted octanol–water partition coefficient (Wildman–Crippen LogP) is 4.42. The van der Waals surface area contributed by atoms with E-state index >= 15 is 0 Å². The predicted molar refractivity (Wildman–Crippen MR) is 125 cm³/mol. The number of thioether (sulfide) groups is 1. The van der Waals surface area contributed by atoms with Gasteiger partial charge in [-0.3, -0.25) is 19.5 Å². The highest BCUT2D eigenvalue weighted by atomic mass is 32.2. The second kappa shape index (κ2) is 9.34. The van der Waals surface area contributed by atoms with E-state index in [1.54, 1.807) is 35.8 Å². The number of rotatable bonds is 5. The Balaban J connectivity index is 1.76. The number of carbonyl (C=O) groups is 2. The summed E-state index contributed by atoms with van der Waals surface area (Å²) in [6, 6.07) is 12.0. The summed E-state index contributed by atoms with van der Waals surface area (Å²) in [4.78, 5) is 42.4. The van der Waals surface area contributed by atoms with Gasteiger partial charge in [0.2, 0.25) is 5.91 Å². The van der Waals surface area contributed by atoms with Crippen molar-refractivity contribution in [3.63, 3.8) is 0 Å². The van der Waals surface area contributed by atoms with Gasteiger partial charge in [-0.15, -0.1) is 0 Å². The molecule has 0 aliphatic carbocycles. The number of fused-ring (bicyclic) bond motifs is 1. The molecule has 0 aliphatic rings. The monoisotopic (exact) mass is 438 g/mol. The Kier molecular flexibility index (Phi) is 6.80. The molecule has 2 N–H and O–H groups in total. The van der Waals surface area contributed by atoms with Gasteiger partial charge in [0, 0.05) is 11.7 Å². The Bertz CT molecular complexity index is 1200. The maximum Gasteiger partial charge on any atom is 0.325 e. The molecule has 1 atom stereocenters. The number of benzene rings is 2. The number of aryl methyl sites for hydroxylation is 2. The summed E-state index contributed by atoms with van der Waals surface area (Å²) in [5, 5.41) is 5.40. The lowest BCUT2D eigenvalue weighted by atomic mass is 10.1. The van der Waals surface area contributed by atoms with Crippen LogP contribution >= 0.6 is 11.8 Å². The molecule has 0 fully saturated rings. The van der Waals surface area contributed by atoms with E-state index in [2.05, 4.69) is 15.6 Å². The number of nitrogens with one attached hydrogen (secondary N) is 2. The van der Waals surface area contributed by atoms with E-state index < -0.39 is 17.2 Å². The lowest BCUT2D eigenvalue weighted by Gasteiger charge is -2.18. The van der Waals surface area contributed by atoms with Gasteiger partial charge in [-0.2, -0.15) is 0 Å². The van der Waals surface area contributed by atoms with Crippen molar-refractivity contribution in [2.24, 2.45) is 0 Å². The Morgan fingerprint density at radius 2 is 1.77 bits per heavy atom. The first kappa shape index (κ1) is 22.6. The van der Waals surface area contributed by atoms with Crippen molar-refractivity contribution >= 4 is 40.3 Å². The van der Waals surface area contributed by atoms with Crippen molar-refractivity contribution in [3.05, 3.63) is 63.9 Å². The molecular formula is C23H26N4O3S. The first-order chi connectivity index (χ1) is 14.7. The van der Waals surface area contributed by atoms with E-state index in [1.165, 1.54) is 0 Å². The highest BCUT2D eigenvalue weighted by Gasteiger charge is 2.22. The fourth-order valence-electron chi connectivity index (χ4n) is 3.20. The molecule has 0 spiro atoms. The van der Waals surface area contributed by atoms with Crippen molar-refractivity contribution in [2.45, 2.75) is 51.1 Å². The smallest absolute Gasteiger partial charge is 0.307 e. The summed E-state index contributed by atoms with van der Waals surface area (Å²) in [5.74, 6) is -0.468. The SMILES string of the molecule is Cc1ccc(NC(=O)NC(=O)C(C)Sc2nc3ccccc3c(=O)n2C(C)C)c(C)c1. The van der Waals surface area contributed by atoms with Crippen molar-refractivity contribution in [1.82, 2.24) is 14.9 Å². The van der Waals surface area contributed by atoms with Gasteiger partial charge >= 0.3 is 6.03 Å². The number of carbonyl (C=O) groups excluding carboxylic acids is 2. The zero-order chi connectivity index (χ0) is 22.7. The van der Waals surface area contributed by atoms with Gasteiger partial charge in [0.1, 0.15) is 0 Å². The van der Waals surface area contributed by atoms with E-state index in [-0.39, 0.29) is 11.6 Å². The summed E-state index contributed by atoms with van der Waals surface area (Å²) in [5.41, 5.74) is 3.06. The van der Waals surface area contributed by atoms with Gasteiger partial charge in [-0.1, -0.05) is 41.6 Å². The first-order valence-corrected chi connectivity index (χ1v) is 10.9. The van der Waals surface area contributed by atoms with Crippen LogP contribution in [-0.4, -0.2) is 26.7 Å². The molecule has 0 radical (unpaired) electrons. The van der Waals surface area contributed by atoms with Crippen molar-refractivity contribution in [1.29, 1.82) is 0 Å². The molecule has 3 rings (SSSR count). The lowest BCUT2D eigenvalue weighted by molar-refractivity contribution is -0.119. The lowest BCUT2D eigenvalue weighted by Crippen LogP contribution is -2.39. The minimum absolute atomic E-state index is 0.129. The highest BCUT2D eigenvalue weighted by Crippen LogP contribution is 2.25. The molecule has 1 aromatic heterocycles. The van der Waals surface area contributed by atoms with Crippen molar-refractivity contribution in [2.75, 3.05) is 5.32 Å². The number of hydrogen-bond donors (Lipinski definition) is 2. The second-order valence-electron chi connectivity index (χ2n) is 7.70. The number of anilines is 1. The van der Waals surface area contributed by atoms with Crippen LogP contribution in [0.2, 0.25) is 0 Å². The molecule has 1 unspecified atom stereocenters. The van der Waals surface area contributed by atoms with E-state index in [1.807, 2.05) is 45.9 Å². The first-order valence-electron chi connectivity index (χ1n) is 10.0. The van der Waals surface area contributed by atoms with Gasteiger partial charge in [-0.25, -0.2) is 9.78 Å². The summed E-state index contributed by atoms with van der Waals surface area (Å²) in [6.07, 6.45) is 0. The fraction of sp³-hybridized carbons (Fsp3) is 0.304.